The zero-order valence-corrected chi connectivity index (χ0v) is 18.5. The molecule has 4 rings (SSSR count). The van der Waals surface area contributed by atoms with Crippen molar-refractivity contribution in [3.63, 3.8) is 0 Å². The van der Waals surface area contributed by atoms with E-state index < -0.39 is 5.97 Å². The highest BCUT2D eigenvalue weighted by Crippen LogP contribution is 2.36. The normalized spacial score (nSPS) is 10.6. The number of nitrogens with zero attached hydrogens (tertiary/aromatic N) is 1. The van der Waals surface area contributed by atoms with Gasteiger partial charge in [-0.2, -0.15) is 0 Å². The third-order valence-corrected chi connectivity index (χ3v) is 5.29. The summed E-state index contributed by atoms with van der Waals surface area (Å²) < 4.78 is 11.3. The number of H-pyrrole nitrogens is 1. The molecule has 0 saturated heterocycles. The average molecular weight is 457 g/mol. The van der Waals surface area contributed by atoms with E-state index in [1.54, 1.807) is 43.6 Å². The van der Waals surface area contributed by atoms with Gasteiger partial charge in [-0.15, -0.1) is 0 Å². The van der Waals surface area contributed by atoms with Crippen LogP contribution in [0.15, 0.2) is 73.4 Å². The summed E-state index contributed by atoms with van der Waals surface area (Å²) in [5.74, 6) is 0.0663. The molecule has 0 spiro atoms. The van der Waals surface area contributed by atoms with Gasteiger partial charge in [0.05, 0.1) is 24.9 Å². The molecule has 4 aromatic rings. The Hall–Kier alpha value is -4.59. The molecule has 3 N–H and O–H groups in total. The van der Waals surface area contributed by atoms with E-state index in [0.717, 1.165) is 27.8 Å². The van der Waals surface area contributed by atoms with Crippen LogP contribution < -0.4 is 14.8 Å². The minimum Gasteiger partial charge on any atom is -0.496 e. The van der Waals surface area contributed by atoms with Gasteiger partial charge in [0.2, 0.25) is 5.91 Å². The Labute approximate surface area is 195 Å². The van der Waals surface area contributed by atoms with E-state index >= 15 is 0 Å². The second-order valence-electron chi connectivity index (χ2n) is 7.39. The SMILES string of the molecule is C=CC(=O)NCCOc1ccc(OC)c(-c2cc3c(-c4ccc(C(=O)O)cc4)ccnc3[nH]2)c1. The predicted molar refractivity (Wildman–Crippen MR) is 129 cm³/mol. The number of hydrogen-bond acceptors (Lipinski definition) is 5. The molecule has 0 unspecified atom stereocenters. The lowest BCUT2D eigenvalue weighted by Crippen LogP contribution is -2.26. The van der Waals surface area contributed by atoms with Gasteiger partial charge in [-0.3, -0.25) is 4.79 Å². The van der Waals surface area contributed by atoms with E-state index in [1.807, 2.05) is 24.3 Å². The monoisotopic (exact) mass is 457 g/mol. The van der Waals surface area contributed by atoms with Crippen LogP contribution in [0.3, 0.4) is 0 Å². The lowest BCUT2D eigenvalue weighted by atomic mass is 10.0. The second-order valence-corrected chi connectivity index (χ2v) is 7.39. The molecule has 0 aliphatic rings. The van der Waals surface area contributed by atoms with Crippen LogP contribution in [-0.2, 0) is 4.79 Å². The number of aromatic nitrogens is 2. The van der Waals surface area contributed by atoms with E-state index in [4.69, 9.17) is 14.6 Å². The Balaban J connectivity index is 1.65. The molecule has 2 aromatic carbocycles. The summed E-state index contributed by atoms with van der Waals surface area (Å²) in [7, 11) is 1.60. The number of carboxylic acids is 1. The fraction of sp³-hybridized carbons (Fsp3) is 0.115. The fourth-order valence-corrected chi connectivity index (χ4v) is 3.62. The zero-order chi connectivity index (χ0) is 24.1. The number of aromatic amines is 1. The summed E-state index contributed by atoms with van der Waals surface area (Å²) in [6.07, 6.45) is 2.92. The minimum atomic E-state index is -0.965. The Kier molecular flexibility index (Phi) is 6.59. The number of carboxylic acid groups (broad SMARTS) is 1. The largest absolute Gasteiger partial charge is 0.496 e. The third kappa shape index (κ3) is 4.75. The highest BCUT2D eigenvalue weighted by molar-refractivity contribution is 5.97. The van der Waals surface area contributed by atoms with Crippen LogP contribution in [0.2, 0.25) is 0 Å². The van der Waals surface area contributed by atoms with Crippen LogP contribution >= 0.6 is 0 Å². The predicted octanol–water partition coefficient (Wildman–Crippen LogP) is 4.28. The number of ether oxygens (including phenoxy) is 2. The van der Waals surface area contributed by atoms with E-state index in [-0.39, 0.29) is 11.5 Å². The fourth-order valence-electron chi connectivity index (χ4n) is 3.62. The molecule has 0 saturated carbocycles. The van der Waals surface area contributed by atoms with Crippen molar-refractivity contribution in [3.05, 3.63) is 79.0 Å². The lowest BCUT2D eigenvalue weighted by Gasteiger charge is -2.11. The van der Waals surface area contributed by atoms with Gasteiger partial charge in [0.1, 0.15) is 23.8 Å². The number of pyridine rings is 1. The maximum Gasteiger partial charge on any atom is 0.335 e. The first kappa shape index (κ1) is 22.6. The summed E-state index contributed by atoms with van der Waals surface area (Å²) in [6.45, 7) is 4.07. The van der Waals surface area contributed by atoms with Crippen LogP contribution in [-0.4, -0.2) is 47.2 Å². The number of carbonyl (C=O) groups excluding carboxylic acids is 1. The van der Waals surface area contributed by atoms with Gasteiger partial charge in [0.15, 0.2) is 0 Å². The number of rotatable bonds is 9. The molecule has 2 heterocycles. The van der Waals surface area contributed by atoms with Gasteiger partial charge < -0.3 is 24.9 Å². The van der Waals surface area contributed by atoms with Crippen molar-refractivity contribution in [1.82, 2.24) is 15.3 Å². The van der Waals surface area contributed by atoms with Crippen molar-refractivity contribution in [3.8, 4) is 33.9 Å². The highest BCUT2D eigenvalue weighted by Gasteiger charge is 2.14. The summed E-state index contributed by atoms with van der Waals surface area (Å²) >= 11 is 0. The number of carbonyl (C=O) groups is 2. The van der Waals surface area contributed by atoms with E-state index in [1.165, 1.54) is 6.08 Å². The summed E-state index contributed by atoms with van der Waals surface area (Å²) in [4.78, 5) is 30.2. The van der Waals surface area contributed by atoms with Crippen molar-refractivity contribution in [2.45, 2.75) is 0 Å². The quantitative estimate of drug-likeness (QED) is 0.255. The second kappa shape index (κ2) is 9.91. The first-order chi connectivity index (χ1) is 16.5. The van der Waals surface area contributed by atoms with E-state index in [0.29, 0.717) is 30.3 Å². The lowest BCUT2D eigenvalue weighted by molar-refractivity contribution is -0.116. The summed E-state index contributed by atoms with van der Waals surface area (Å²) in [5, 5.41) is 12.7. The Morgan fingerprint density at radius 3 is 2.62 bits per heavy atom. The van der Waals surface area contributed by atoms with Gasteiger partial charge in [-0.25, -0.2) is 9.78 Å². The number of nitrogens with one attached hydrogen (secondary N) is 2. The number of amides is 1. The molecule has 8 heteroatoms. The Morgan fingerprint density at radius 2 is 1.91 bits per heavy atom. The van der Waals surface area contributed by atoms with Crippen LogP contribution in [0.1, 0.15) is 10.4 Å². The topological polar surface area (TPSA) is 114 Å². The minimum absolute atomic E-state index is 0.231. The Morgan fingerprint density at radius 1 is 1.12 bits per heavy atom. The molecule has 2 aromatic heterocycles. The molecule has 0 fully saturated rings. The standard InChI is InChI=1S/C26H23N3O5/c1-3-24(30)27-12-13-34-18-8-9-23(33-2)21(14-18)22-15-20-19(10-11-28-25(20)29-22)16-4-6-17(7-5-16)26(31)32/h3-11,14-15H,1,12-13H2,2H3,(H,27,30)(H,28,29)(H,31,32). The van der Waals surface area contributed by atoms with Crippen LogP contribution in [0.25, 0.3) is 33.4 Å². The molecule has 172 valence electrons. The number of fused-ring (bicyclic) bond motifs is 1. The zero-order valence-electron chi connectivity index (χ0n) is 18.5. The van der Waals surface area contributed by atoms with Gasteiger partial charge in [0.25, 0.3) is 0 Å². The van der Waals surface area contributed by atoms with Crippen molar-refractivity contribution >= 4 is 22.9 Å². The van der Waals surface area contributed by atoms with E-state index in [9.17, 15) is 9.59 Å². The number of benzene rings is 2. The highest BCUT2D eigenvalue weighted by atomic mass is 16.5. The number of hydrogen-bond donors (Lipinski definition) is 3. The first-order valence-electron chi connectivity index (χ1n) is 10.5. The Bertz CT molecular complexity index is 1360. The smallest absolute Gasteiger partial charge is 0.335 e. The maximum absolute atomic E-state index is 11.3. The molecule has 1 amide bonds. The molecule has 0 bridgehead atoms. The van der Waals surface area contributed by atoms with Gasteiger partial charge in [-0.05, 0) is 59.7 Å². The summed E-state index contributed by atoms with van der Waals surface area (Å²) in [6, 6.07) is 16.1. The van der Waals surface area contributed by atoms with Crippen LogP contribution in [0.5, 0.6) is 11.5 Å². The average Bonchev–Trinajstić information content (AvgIpc) is 3.31. The van der Waals surface area contributed by atoms with Crippen LogP contribution in [0.4, 0.5) is 0 Å². The maximum atomic E-state index is 11.3. The van der Waals surface area contributed by atoms with Crippen molar-refractivity contribution in [1.29, 1.82) is 0 Å². The first-order valence-corrected chi connectivity index (χ1v) is 10.5. The van der Waals surface area contributed by atoms with E-state index in [2.05, 4.69) is 21.9 Å². The van der Waals surface area contributed by atoms with Crippen molar-refractivity contribution in [2.75, 3.05) is 20.3 Å². The molecule has 0 aliphatic carbocycles. The van der Waals surface area contributed by atoms with Gasteiger partial charge in [0, 0.05) is 17.1 Å². The molecular weight excluding hydrogens is 434 g/mol. The van der Waals surface area contributed by atoms with Crippen LogP contribution in [0, 0.1) is 0 Å². The number of methoxy groups -OCH3 is 1. The van der Waals surface area contributed by atoms with Crippen molar-refractivity contribution < 1.29 is 24.2 Å². The molecular formula is C26H23N3O5. The van der Waals surface area contributed by atoms with Gasteiger partial charge >= 0.3 is 5.97 Å². The molecule has 0 aliphatic heterocycles. The van der Waals surface area contributed by atoms with Crippen molar-refractivity contribution in [2.24, 2.45) is 0 Å². The molecule has 34 heavy (non-hydrogen) atoms. The molecule has 0 radical (unpaired) electrons. The summed E-state index contributed by atoms with van der Waals surface area (Å²) in [5.41, 5.74) is 4.31. The van der Waals surface area contributed by atoms with Gasteiger partial charge in [-0.1, -0.05) is 18.7 Å². The molecule has 8 nitrogen and oxygen atoms in total. The number of aromatic carboxylic acids is 1. The molecule has 0 atom stereocenters. The third-order valence-electron chi connectivity index (χ3n) is 5.29.